The molecular formula is C21H23ClN4OS. The molecule has 0 aliphatic rings. The van der Waals surface area contributed by atoms with E-state index in [1.807, 2.05) is 66.9 Å². The summed E-state index contributed by atoms with van der Waals surface area (Å²) in [6.07, 6.45) is 1.00. The van der Waals surface area contributed by atoms with Crippen LogP contribution in [0.25, 0.3) is 11.4 Å². The smallest absolute Gasteiger partial charge is 0.222 e. The van der Waals surface area contributed by atoms with Crippen molar-refractivity contribution in [2.24, 2.45) is 0 Å². The molecule has 2 aromatic carbocycles. The molecule has 1 heterocycles. The molecule has 0 saturated heterocycles. The molecule has 28 heavy (non-hydrogen) atoms. The summed E-state index contributed by atoms with van der Waals surface area (Å²) >= 11 is 11.5. The van der Waals surface area contributed by atoms with E-state index < -0.39 is 0 Å². The molecule has 5 nitrogen and oxygen atoms in total. The number of halogens is 1. The van der Waals surface area contributed by atoms with E-state index in [1.165, 1.54) is 0 Å². The Morgan fingerprint density at radius 3 is 2.82 bits per heavy atom. The predicted molar refractivity (Wildman–Crippen MR) is 115 cm³/mol. The number of carbonyl (C=O) groups is 1. The van der Waals surface area contributed by atoms with Gasteiger partial charge in [0.25, 0.3) is 0 Å². The summed E-state index contributed by atoms with van der Waals surface area (Å²) < 4.78 is 2.37. The fourth-order valence-electron chi connectivity index (χ4n) is 3.13. The number of hydrogen-bond donors (Lipinski definition) is 2. The first-order chi connectivity index (χ1) is 13.4. The third-order valence-corrected chi connectivity index (χ3v) is 5.17. The molecule has 1 unspecified atom stereocenters. The molecule has 1 amide bonds. The summed E-state index contributed by atoms with van der Waals surface area (Å²) in [6, 6.07) is 15.7. The van der Waals surface area contributed by atoms with E-state index in [0.29, 0.717) is 24.2 Å². The maximum Gasteiger partial charge on any atom is 0.222 e. The zero-order valence-electron chi connectivity index (χ0n) is 15.9. The van der Waals surface area contributed by atoms with Gasteiger partial charge in [-0.05, 0) is 50.2 Å². The Bertz CT molecular complexity index is 1030. The molecule has 0 fully saturated rings. The van der Waals surface area contributed by atoms with Crippen LogP contribution >= 0.6 is 23.8 Å². The van der Waals surface area contributed by atoms with Crippen LogP contribution in [0, 0.1) is 11.7 Å². The Kier molecular flexibility index (Phi) is 6.65. The minimum atomic E-state index is -0.0298. The van der Waals surface area contributed by atoms with Crippen LogP contribution in [0.2, 0.25) is 5.02 Å². The van der Waals surface area contributed by atoms with Crippen LogP contribution in [0.5, 0.6) is 0 Å². The lowest BCUT2D eigenvalue weighted by Crippen LogP contribution is -2.34. The molecule has 7 heteroatoms. The van der Waals surface area contributed by atoms with Crippen molar-refractivity contribution in [1.29, 1.82) is 0 Å². The molecule has 3 rings (SSSR count). The minimum Gasteiger partial charge on any atom is -0.353 e. The topological polar surface area (TPSA) is 62.7 Å². The van der Waals surface area contributed by atoms with Gasteiger partial charge in [0.1, 0.15) is 0 Å². The van der Waals surface area contributed by atoms with Gasteiger partial charge in [-0.2, -0.15) is 5.10 Å². The van der Waals surface area contributed by atoms with E-state index >= 15 is 0 Å². The number of nitrogens with one attached hydrogen (secondary N) is 2. The van der Waals surface area contributed by atoms with Crippen molar-refractivity contribution in [2.45, 2.75) is 39.3 Å². The molecule has 1 atom stereocenters. The number of aromatic nitrogens is 3. The normalized spacial score (nSPS) is 12.0. The zero-order chi connectivity index (χ0) is 20.1. The number of hydrogen-bond acceptors (Lipinski definition) is 3. The molecule has 0 aliphatic carbocycles. The molecule has 3 aromatic rings. The van der Waals surface area contributed by atoms with Gasteiger partial charge in [-0.3, -0.25) is 14.5 Å². The number of amides is 1. The predicted octanol–water partition coefficient (Wildman–Crippen LogP) is 4.71. The fraction of sp³-hybridized carbons (Fsp3) is 0.286. The van der Waals surface area contributed by atoms with Gasteiger partial charge < -0.3 is 5.32 Å². The van der Waals surface area contributed by atoms with Crippen LogP contribution in [0.15, 0.2) is 48.5 Å². The monoisotopic (exact) mass is 414 g/mol. The highest BCUT2D eigenvalue weighted by molar-refractivity contribution is 7.71. The summed E-state index contributed by atoms with van der Waals surface area (Å²) in [6.45, 7) is 4.47. The average molecular weight is 415 g/mol. The van der Waals surface area contributed by atoms with Gasteiger partial charge >= 0.3 is 0 Å². The van der Waals surface area contributed by atoms with Gasteiger partial charge in [0.2, 0.25) is 5.91 Å². The second-order valence-electron chi connectivity index (χ2n) is 6.89. The van der Waals surface area contributed by atoms with E-state index in [2.05, 4.69) is 15.5 Å². The summed E-state index contributed by atoms with van der Waals surface area (Å²) in [5, 5.41) is 10.9. The average Bonchev–Trinajstić information content (AvgIpc) is 3.02. The summed E-state index contributed by atoms with van der Waals surface area (Å²) in [5.74, 6) is 0.712. The Hall–Kier alpha value is -2.44. The first kappa shape index (κ1) is 20.3. The standard InChI is InChI=1S/C21H23ClN4OS/c1-14-6-5-8-17(12-14)20-24-25-21(28)26(20)11-10-19(27)23-15(2)13-16-7-3-4-9-18(16)22/h3-9,12,15H,10-11,13H2,1-2H3,(H,23,27)(H,25,28). The van der Waals surface area contributed by atoms with Gasteiger partial charge in [0.05, 0.1) is 0 Å². The van der Waals surface area contributed by atoms with Crippen molar-refractivity contribution in [3.05, 3.63) is 69.5 Å². The van der Waals surface area contributed by atoms with Gasteiger partial charge in [-0.15, -0.1) is 0 Å². The number of aryl methyl sites for hydroxylation is 1. The van der Waals surface area contributed by atoms with Crippen LogP contribution in [0.4, 0.5) is 0 Å². The SMILES string of the molecule is Cc1cccc(-c2n[nH]c(=S)n2CCC(=O)NC(C)Cc2ccccc2Cl)c1. The van der Waals surface area contributed by atoms with Gasteiger partial charge in [-0.25, -0.2) is 0 Å². The van der Waals surface area contributed by atoms with Crippen LogP contribution in [-0.2, 0) is 17.8 Å². The second-order valence-corrected chi connectivity index (χ2v) is 7.68. The summed E-state index contributed by atoms with van der Waals surface area (Å²) in [7, 11) is 0. The zero-order valence-corrected chi connectivity index (χ0v) is 17.5. The lowest BCUT2D eigenvalue weighted by atomic mass is 10.1. The molecular weight excluding hydrogens is 392 g/mol. The fourth-order valence-corrected chi connectivity index (χ4v) is 3.57. The number of rotatable bonds is 7. The highest BCUT2D eigenvalue weighted by atomic mass is 35.5. The number of carbonyl (C=O) groups excluding carboxylic acids is 1. The maximum absolute atomic E-state index is 12.4. The molecule has 0 spiro atoms. The van der Waals surface area contributed by atoms with Crippen LogP contribution in [0.3, 0.4) is 0 Å². The van der Waals surface area contributed by atoms with Gasteiger partial charge in [0.15, 0.2) is 10.6 Å². The molecule has 2 N–H and O–H groups in total. The maximum atomic E-state index is 12.4. The quantitative estimate of drug-likeness (QED) is 0.550. The summed E-state index contributed by atoms with van der Waals surface area (Å²) in [5.41, 5.74) is 3.14. The lowest BCUT2D eigenvalue weighted by Gasteiger charge is -2.15. The highest BCUT2D eigenvalue weighted by Gasteiger charge is 2.13. The van der Waals surface area contributed by atoms with Crippen LogP contribution in [-0.4, -0.2) is 26.7 Å². The Balaban J connectivity index is 1.61. The van der Waals surface area contributed by atoms with Crippen molar-refractivity contribution in [2.75, 3.05) is 0 Å². The van der Waals surface area contributed by atoms with E-state index in [9.17, 15) is 4.79 Å². The molecule has 0 saturated carbocycles. The van der Waals surface area contributed by atoms with Crippen LogP contribution < -0.4 is 5.32 Å². The van der Waals surface area contributed by atoms with Crippen molar-refractivity contribution in [1.82, 2.24) is 20.1 Å². The van der Waals surface area contributed by atoms with Gasteiger partial charge in [-0.1, -0.05) is 53.6 Å². The molecule has 0 bridgehead atoms. The third kappa shape index (κ3) is 5.09. The summed E-state index contributed by atoms with van der Waals surface area (Å²) in [4.78, 5) is 12.4. The number of nitrogens with zero attached hydrogens (tertiary/aromatic N) is 2. The van der Waals surface area contributed by atoms with Crippen LogP contribution in [0.1, 0.15) is 24.5 Å². The Morgan fingerprint density at radius 1 is 1.29 bits per heavy atom. The van der Waals surface area contributed by atoms with Crippen molar-refractivity contribution in [3.63, 3.8) is 0 Å². The molecule has 1 aromatic heterocycles. The molecule has 146 valence electrons. The van der Waals surface area contributed by atoms with Crippen molar-refractivity contribution >= 4 is 29.7 Å². The Labute approximate surface area is 174 Å². The lowest BCUT2D eigenvalue weighted by molar-refractivity contribution is -0.121. The first-order valence-electron chi connectivity index (χ1n) is 9.19. The largest absolute Gasteiger partial charge is 0.353 e. The van der Waals surface area contributed by atoms with Crippen molar-refractivity contribution in [3.8, 4) is 11.4 Å². The second kappa shape index (κ2) is 9.17. The number of H-pyrrole nitrogens is 1. The van der Waals surface area contributed by atoms with Crippen molar-refractivity contribution < 1.29 is 4.79 Å². The Morgan fingerprint density at radius 2 is 2.07 bits per heavy atom. The first-order valence-corrected chi connectivity index (χ1v) is 9.97. The molecule has 0 radical (unpaired) electrons. The third-order valence-electron chi connectivity index (χ3n) is 4.49. The molecule has 0 aliphatic heterocycles. The van der Waals surface area contributed by atoms with E-state index in [0.717, 1.165) is 27.5 Å². The van der Waals surface area contributed by atoms with E-state index in [-0.39, 0.29) is 11.9 Å². The minimum absolute atomic E-state index is 0.0130. The van der Waals surface area contributed by atoms with E-state index in [1.54, 1.807) is 0 Å². The number of aromatic amines is 1. The van der Waals surface area contributed by atoms with Gasteiger partial charge in [0, 0.05) is 29.6 Å². The number of benzene rings is 2. The highest BCUT2D eigenvalue weighted by Crippen LogP contribution is 2.19. The van der Waals surface area contributed by atoms with E-state index in [4.69, 9.17) is 23.8 Å².